The van der Waals surface area contributed by atoms with Gasteiger partial charge in [0, 0.05) is 6.20 Å². The van der Waals surface area contributed by atoms with Crippen LogP contribution in [0.3, 0.4) is 0 Å². The first kappa shape index (κ1) is 14.2. The molecule has 4 nitrogen and oxygen atoms in total. The molecule has 4 heteroatoms. The van der Waals surface area contributed by atoms with Gasteiger partial charge in [-0.3, -0.25) is 4.40 Å². The molecule has 3 rings (SSSR count). The van der Waals surface area contributed by atoms with Gasteiger partial charge in [0.1, 0.15) is 23.2 Å². The summed E-state index contributed by atoms with van der Waals surface area (Å²) in [6, 6.07) is 16.1. The van der Waals surface area contributed by atoms with E-state index in [2.05, 4.69) is 23.2 Å². The van der Waals surface area contributed by atoms with Crippen LogP contribution >= 0.6 is 0 Å². The molecule has 2 aromatic heterocycles. The Hall–Kier alpha value is -2.80. The van der Waals surface area contributed by atoms with Crippen LogP contribution in [0, 0.1) is 18.3 Å². The summed E-state index contributed by atoms with van der Waals surface area (Å²) in [6.45, 7) is 3.97. The maximum Gasteiger partial charge on any atom is 0.146 e. The van der Waals surface area contributed by atoms with Crippen LogP contribution in [0.15, 0.2) is 48.7 Å². The number of nitrogens with zero attached hydrogens (tertiary/aromatic N) is 3. The second kappa shape index (κ2) is 5.90. The van der Waals surface area contributed by atoms with E-state index < -0.39 is 0 Å². The molecule has 0 amide bonds. The number of ether oxygens (including phenoxy) is 1. The molecule has 0 fully saturated rings. The molecule has 1 unspecified atom stereocenters. The molecule has 0 spiro atoms. The maximum absolute atomic E-state index is 8.92. The van der Waals surface area contributed by atoms with E-state index in [0.717, 1.165) is 28.3 Å². The minimum Gasteiger partial charge on any atom is -0.484 e. The van der Waals surface area contributed by atoms with Crippen LogP contribution in [0.2, 0.25) is 0 Å². The van der Waals surface area contributed by atoms with Gasteiger partial charge in [-0.25, -0.2) is 4.98 Å². The zero-order valence-corrected chi connectivity index (χ0v) is 12.7. The van der Waals surface area contributed by atoms with Gasteiger partial charge in [0.25, 0.3) is 0 Å². The number of rotatable bonds is 4. The number of hydrogen-bond donors (Lipinski definition) is 0. The summed E-state index contributed by atoms with van der Waals surface area (Å²) in [6.07, 6.45) is 2.15. The molecule has 3 aromatic rings. The smallest absolute Gasteiger partial charge is 0.146 e. The summed E-state index contributed by atoms with van der Waals surface area (Å²) in [5.41, 5.74) is 2.93. The lowest BCUT2D eigenvalue weighted by molar-refractivity contribution is 0.229. The van der Waals surface area contributed by atoms with Crippen molar-refractivity contribution in [3.8, 4) is 11.8 Å². The van der Waals surface area contributed by atoms with Gasteiger partial charge in [0.05, 0.1) is 18.2 Å². The third-order valence-electron chi connectivity index (χ3n) is 3.68. The third-order valence-corrected chi connectivity index (χ3v) is 3.68. The molecule has 1 aromatic carbocycles. The van der Waals surface area contributed by atoms with Gasteiger partial charge < -0.3 is 4.74 Å². The molecular weight excluding hydrogens is 274 g/mol. The minimum absolute atomic E-state index is 0.0545. The van der Waals surface area contributed by atoms with Crippen molar-refractivity contribution in [3.63, 3.8) is 0 Å². The van der Waals surface area contributed by atoms with Crippen molar-refractivity contribution in [2.75, 3.05) is 0 Å². The lowest BCUT2D eigenvalue weighted by atomic mass is 10.1. The summed E-state index contributed by atoms with van der Waals surface area (Å²) < 4.78 is 8.08. The Morgan fingerprint density at radius 2 is 2.00 bits per heavy atom. The molecule has 0 radical (unpaired) electrons. The van der Waals surface area contributed by atoms with E-state index in [1.165, 1.54) is 0 Å². The zero-order chi connectivity index (χ0) is 15.5. The highest BCUT2D eigenvalue weighted by atomic mass is 16.5. The number of benzene rings is 1. The van der Waals surface area contributed by atoms with E-state index in [1.807, 2.05) is 54.8 Å². The fourth-order valence-corrected chi connectivity index (χ4v) is 2.63. The van der Waals surface area contributed by atoms with E-state index in [1.54, 1.807) is 0 Å². The standard InChI is InChI=1S/C18H17N3O/c1-13-18-16(22-14(2)15-7-4-3-5-8-15)9-6-12-21(18)17(20-13)10-11-19/h3-9,12,14H,10H2,1-2H3. The lowest BCUT2D eigenvalue weighted by Gasteiger charge is -2.16. The van der Waals surface area contributed by atoms with Crippen LogP contribution in [0.5, 0.6) is 5.75 Å². The molecule has 0 saturated carbocycles. The summed E-state index contributed by atoms with van der Waals surface area (Å²) in [5.74, 6) is 1.53. The molecule has 2 heterocycles. The Bertz CT molecular complexity index is 831. The average Bonchev–Trinajstić information content (AvgIpc) is 2.86. The van der Waals surface area contributed by atoms with Gasteiger partial charge in [0.15, 0.2) is 0 Å². The number of fused-ring (bicyclic) bond motifs is 1. The minimum atomic E-state index is -0.0545. The van der Waals surface area contributed by atoms with E-state index in [-0.39, 0.29) is 12.5 Å². The van der Waals surface area contributed by atoms with Crippen molar-refractivity contribution in [2.24, 2.45) is 0 Å². The third kappa shape index (κ3) is 2.53. The molecule has 0 aliphatic heterocycles. The topological polar surface area (TPSA) is 50.3 Å². The molecule has 0 saturated heterocycles. The van der Waals surface area contributed by atoms with Crippen LogP contribution in [-0.2, 0) is 6.42 Å². The molecule has 0 bridgehead atoms. The zero-order valence-electron chi connectivity index (χ0n) is 12.7. The molecule has 0 aliphatic rings. The fraction of sp³-hybridized carbons (Fsp3) is 0.222. The van der Waals surface area contributed by atoms with Crippen molar-refractivity contribution in [3.05, 3.63) is 65.7 Å². The van der Waals surface area contributed by atoms with Crippen molar-refractivity contribution >= 4 is 5.52 Å². The van der Waals surface area contributed by atoms with Gasteiger partial charge in [-0.1, -0.05) is 30.3 Å². The predicted octanol–water partition coefficient (Wildman–Crippen LogP) is 3.85. The maximum atomic E-state index is 8.92. The van der Waals surface area contributed by atoms with Crippen LogP contribution < -0.4 is 4.74 Å². The van der Waals surface area contributed by atoms with Gasteiger partial charge >= 0.3 is 0 Å². The first-order valence-electron chi connectivity index (χ1n) is 7.26. The monoisotopic (exact) mass is 291 g/mol. The number of hydrogen-bond acceptors (Lipinski definition) is 3. The second-order valence-electron chi connectivity index (χ2n) is 5.21. The highest BCUT2D eigenvalue weighted by Crippen LogP contribution is 2.28. The summed E-state index contributed by atoms with van der Waals surface area (Å²) in [5, 5.41) is 8.92. The Labute approximate surface area is 129 Å². The first-order chi connectivity index (χ1) is 10.7. The Morgan fingerprint density at radius 1 is 1.23 bits per heavy atom. The predicted molar refractivity (Wildman–Crippen MR) is 84.7 cm³/mol. The number of pyridine rings is 1. The first-order valence-corrected chi connectivity index (χ1v) is 7.26. The van der Waals surface area contributed by atoms with Crippen molar-refractivity contribution in [1.82, 2.24) is 9.38 Å². The molecular formula is C18H17N3O. The Morgan fingerprint density at radius 3 is 2.73 bits per heavy atom. The van der Waals surface area contributed by atoms with Gasteiger partial charge in [-0.05, 0) is 31.5 Å². The number of imidazole rings is 1. The van der Waals surface area contributed by atoms with E-state index in [0.29, 0.717) is 0 Å². The van der Waals surface area contributed by atoms with Crippen LogP contribution in [0.25, 0.3) is 5.52 Å². The fourth-order valence-electron chi connectivity index (χ4n) is 2.63. The highest BCUT2D eigenvalue weighted by molar-refractivity contribution is 5.64. The van der Waals surface area contributed by atoms with Crippen molar-refractivity contribution in [2.45, 2.75) is 26.4 Å². The van der Waals surface area contributed by atoms with E-state index in [4.69, 9.17) is 10.00 Å². The molecule has 1 atom stereocenters. The SMILES string of the molecule is Cc1nc(CC#N)n2cccc(OC(C)c3ccccc3)c12. The molecule has 0 N–H and O–H groups in total. The van der Waals surface area contributed by atoms with Crippen LogP contribution in [0.4, 0.5) is 0 Å². The lowest BCUT2D eigenvalue weighted by Crippen LogP contribution is -2.04. The normalized spacial score (nSPS) is 12.0. The molecule has 22 heavy (non-hydrogen) atoms. The highest BCUT2D eigenvalue weighted by Gasteiger charge is 2.15. The van der Waals surface area contributed by atoms with Gasteiger partial charge in [0.2, 0.25) is 0 Å². The quantitative estimate of drug-likeness (QED) is 0.733. The largest absolute Gasteiger partial charge is 0.484 e. The number of nitriles is 1. The average molecular weight is 291 g/mol. The molecule has 0 aliphatic carbocycles. The van der Waals surface area contributed by atoms with Gasteiger partial charge in [-0.15, -0.1) is 0 Å². The van der Waals surface area contributed by atoms with E-state index in [9.17, 15) is 0 Å². The summed E-state index contributed by atoms with van der Waals surface area (Å²) in [4.78, 5) is 4.48. The number of aromatic nitrogens is 2. The van der Waals surface area contributed by atoms with Crippen LogP contribution in [0.1, 0.15) is 30.1 Å². The van der Waals surface area contributed by atoms with Gasteiger partial charge in [-0.2, -0.15) is 5.26 Å². The summed E-state index contributed by atoms with van der Waals surface area (Å²) >= 11 is 0. The summed E-state index contributed by atoms with van der Waals surface area (Å²) in [7, 11) is 0. The Kier molecular flexibility index (Phi) is 3.80. The van der Waals surface area contributed by atoms with Crippen molar-refractivity contribution < 1.29 is 4.74 Å². The van der Waals surface area contributed by atoms with Crippen LogP contribution in [-0.4, -0.2) is 9.38 Å². The number of aryl methyl sites for hydroxylation is 1. The molecule has 110 valence electrons. The van der Waals surface area contributed by atoms with Crippen molar-refractivity contribution in [1.29, 1.82) is 5.26 Å². The second-order valence-corrected chi connectivity index (χ2v) is 5.21. The van der Waals surface area contributed by atoms with E-state index >= 15 is 0 Å². The Balaban J connectivity index is 2.00.